The molecule has 1 heterocycles. The number of benzene rings is 5. The average molecular weight is 631 g/mol. The van der Waals surface area contributed by atoms with Crippen molar-refractivity contribution in [2.75, 3.05) is 4.90 Å². The number of amides is 2. The first-order chi connectivity index (χ1) is 22.6. The molecule has 1 unspecified atom stereocenters. The molecule has 47 heavy (non-hydrogen) atoms. The van der Waals surface area contributed by atoms with E-state index in [4.69, 9.17) is 15.2 Å². The molecule has 1 atom stereocenters. The summed E-state index contributed by atoms with van der Waals surface area (Å²) in [6.07, 6.45) is 1.68. The molecule has 0 radical (unpaired) electrons. The van der Waals surface area contributed by atoms with Crippen LogP contribution >= 0.6 is 0 Å². The highest BCUT2D eigenvalue weighted by molar-refractivity contribution is 6.06. The summed E-state index contributed by atoms with van der Waals surface area (Å²) in [4.78, 5) is 49.9. The van der Waals surface area contributed by atoms with Crippen molar-refractivity contribution in [3.05, 3.63) is 127 Å². The molecule has 6 rings (SSSR count). The van der Waals surface area contributed by atoms with Crippen molar-refractivity contribution in [1.29, 1.82) is 0 Å². The van der Waals surface area contributed by atoms with Crippen LogP contribution in [-0.4, -0.2) is 45.1 Å². The SMILES string of the molecule is CC(=O)N(c1ccccc1)C(C)C(=O)Oc1cc(C(N)=O)c(O)c2ccccc12.O=C(Oc1ccccc1)c1ccc2[nH]ncc2c1. The summed E-state index contributed by atoms with van der Waals surface area (Å²) in [6, 6.07) is 29.9. The van der Waals surface area contributed by atoms with E-state index in [2.05, 4.69) is 10.2 Å². The lowest BCUT2D eigenvalue weighted by Crippen LogP contribution is -2.44. The van der Waals surface area contributed by atoms with Crippen LogP contribution in [-0.2, 0) is 9.59 Å². The monoisotopic (exact) mass is 630 g/mol. The number of ether oxygens (including phenoxy) is 2. The third kappa shape index (κ3) is 7.26. The zero-order chi connectivity index (χ0) is 33.5. The van der Waals surface area contributed by atoms with Gasteiger partial charge in [-0.3, -0.25) is 19.6 Å². The molecular formula is C36H30N4O7. The number of primary amides is 1. The van der Waals surface area contributed by atoms with Gasteiger partial charge in [-0.25, -0.2) is 9.59 Å². The van der Waals surface area contributed by atoms with Gasteiger partial charge in [0.15, 0.2) is 0 Å². The third-order valence-electron chi connectivity index (χ3n) is 7.19. The summed E-state index contributed by atoms with van der Waals surface area (Å²) in [6.45, 7) is 2.91. The third-order valence-corrected chi connectivity index (χ3v) is 7.19. The number of esters is 2. The smallest absolute Gasteiger partial charge is 0.343 e. The highest BCUT2D eigenvalue weighted by Crippen LogP contribution is 2.36. The predicted molar refractivity (Wildman–Crippen MR) is 176 cm³/mol. The van der Waals surface area contributed by atoms with Crippen molar-refractivity contribution in [3.8, 4) is 17.2 Å². The number of nitrogens with one attached hydrogen (secondary N) is 1. The van der Waals surface area contributed by atoms with E-state index in [0.717, 1.165) is 10.9 Å². The van der Waals surface area contributed by atoms with Gasteiger partial charge in [0, 0.05) is 28.8 Å². The summed E-state index contributed by atoms with van der Waals surface area (Å²) in [5, 5.41) is 18.7. The highest BCUT2D eigenvalue weighted by Gasteiger charge is 2.28. The zero-order valence-electron chi connectivity index (χ0n) is 25.4. The molecule has 0 aliphatic heterocycles. The molecule has 11 heteroatoms. The van der Waals surface area contributed by atoms with E-state index in [0.29, 0.717) is 27.8 Å². The zero-order valence-corrected chi connectivity index (χ0v) is 25.4. The van der Waals surface area contributed by atoms with Gasteiger partial charge in [-0.1, -0.05) is 60.7 Å². The molecule has 236 valence electrons. The first kappa shape index (κ1) is 31.9. The summed E-state index contributed by atoms with van der Waals surface area (Å²) >= 11 is 0. The Bertz CT molecular complexity index is 2080. The number of para-hydroxylation sites is 2. The van der Waals surface area contributed by atoms with E-state index in [1.54, 1.807) is 92.0 Å². The van der Waals surface area contributed by atoms with E-state index in [1.165, 1.54) is 17.9 Å². The van der Waals surface area contributed by atoms with Gasteiger partial charge in [-0.2, -0.15) is 5.10 Å². The van der Waals surface area contributed by atoms with Crippen molar-refractivity contribution in [1.82, 2.24) is 10.2 Å². The molecule has 0 aliphatic carbocycles. The van der Waals surface area contributed by atoms with Crippen LogP contribution in [0.4, 0.5) is 5.69 Å². The quantitative estimate of drug-likeness (QED) is 0.148. The Kier molecular flexibility index (Phi) is 9.56. The van der Waals surface area contributed by atoms with Gasteiger partial charge in [0.1, 0.15) is 23.3 Å². The highest BCUT2D eigenvalue weighted by atomic mass is 16.5. The minimum Gasteiger partial charge on any atom is -0.506 e. The van der Waals surface area contributed by atoms with Gasteiger partial charge in [0.2, 0.25) is 5.91 Å². The number of aromatic nitrogens is 2. The average Bonchev–Trinajstić information content (AvgIpc) is 3.55. The first-order valence-electron chi connectivity index (χ1n) is 14.5. The molecule has 6 aromatic rings. The molecule has 0 spiro atoms. The number of nitrogens with two attached hydrogens (primary N) is 1. The lowest BCUT2D eigenvalue weighted by Gasteiger charge is -2.27. The number of H-pyrrole nitrogens is 1. The van der Waals surface area contributed by atoms with Crippen LogP contribution in [0.5, 0.6) is 17.2 Å². The minimum absolute atomic E-state index is 0.0700. The van der Waals surface area contributed by atoms with Gasteiger partial charge in [-0.15, -0.1) is 0 Å². The number of hydrogen-bond donors (Lipinski definition) is 3. The number of hydrogen-bond acceptors (Lipinski definition) is 8. The Morgan fingerprint density at radius 3 is 2.13 bits per heavy atom. The number of carbonyl (C=O) groups is 4. The molecule has 5 aromatic carbocycles. The van der Waals surface area contributed by atoms with Crippen LogP contribution in [0.2, 0.25) is 0 Å². The maximum absolute atomic E-state index is 12.8. The molecule has 4 N–H and O–H groups in total. The van der Waals surface area contributed by atoms with Gasteiger partial charge in [-0.05, 0) is 55.5 Å². The number of fused-ring (bicyclic) bond motifs is 2. The van der Waals surface area contributed by atoms with Gasteiger partial charge in [0.25, 0.3) is 5.91 Å². The molecule has 0 bridgehead atoms. The van der Waals surface area contributed by atoms with Crippen LogP contribution in [0, 0.1) is 0 Å². The second-order valence-electron chi connectivity index (χ2n) is 10.4. The van der Waals surface area contributed by atoms with Crippen LogP contribution in [0.1, 0.15) is 34.6 Å². The summed E-state index contributed by atoms with van der Waals surface area (Å²) < 4.78 is 10.8. The van der Waals surface area contributed by atoms with Gasteiger partial charge >= 0.3 is 11.9 Å². The standard InChI is InChI=1S/C22H20N2O5.C14H10N2O2/c1-13(24(14(2)25)15-8-4-3-5-9-15)22(28)29-19-12-18(21(23)27)20(26)17-11-7-6-10-16(17)19;17-14(18-12-4-2-1-3-5-12)10-6-7-13-11(8-10)9-15-16-13/h3-13,26H,1-2H3,(H2,23,27);1-9H,(H,15,16). The Morgan fingerprint density at radius 1 is 0.830 bits per heavy atom. The summed E-state index contributed by atoms with van der Waals surface area (Å²) in [5.41, 5.74) is 7.13. The topological polar surface area (TPSA) is 165 Å². The fourth-order valence-electron chi connectivity index (χ4n) is 4.89. The Hall–Kier alpha value is -6.49. The van der Waals surface area contributed by atoms with E-state index in [1.807, 2.05) is 24.3 Å². The maximum atomic E-state index is 12.8. The lowest BCUT2D eigenvalue weighted by molar-refractivity contribution is -0.136. The van der Waals surface area contributed by atoms with Gasteiger partial charge in [0.05, 0.1) is 22.8 Å². The molecule has 11 nitrogen and oxygen atoms in total. The number of rotatable bonds is 7. The number of aromatic amines is 1. The predicted octanol–water partition coefficient (Wildman–Crippen LogP) is 5.77. The Morgan fingerprint density at radius 2 is 1.47 bits per heavy atom. The Balaban J connectivity index is 0.000000205. The summed E-state index contributed by atoms with van der Waals surface area (Å²) in [5.74, 6) is -1.92. The maximum Gasteiger partial charge on any atom is 0.343 e. The van der Waals surface area contributed by atoms with Crippen molar-refractivity contribution in [3.63, 3.8) is 0 Å². The fourth-order valence-corrected chi connectivity index (χ4v) is 4.89. The van der Waals surface area contributed by atoms with E-state index in [-0.39, 0.29) is 28.9 Å². The molecule has 0 aliphatic rings. The number of phenols is 1. The molecule has 2 amide bonds. The number of anilines is 1. The fraction of sp³-hybridized carbons (Fsp3) is 0.0833. The Labute approximate surface area is 269 Å². The number of nitrogens with zero attached hydrogens (tertiary/aromatic N) is 2. The normalized spacial score (nSPS) is 11.2. The molecule has 0 fully saturated rings. The van der Waals surface area contributed by atoms with Crippen LogP contribution in [0.3, 0.4) is 0 Å². The second-order valence-corrected chi connectivity index (χ2v) is 10.4. The van der Waals surface area contributed by atoms with E-state index >= 15 is 0 Å². The van der Waals surface area contributed by atoms with Crippen LogP contribution in [0.15, 0.2) is 115 Å². The lowest BCUT2D eigenvalue weighted by atomic mass is 10.0. The summed E-state index contributed by atoms with van der Waals surface area (Å²) in [7, 11) is 0. The van der Waals surface area contributed by atoms with Crippen molar-refractivity contribution < 1.29 is 33.8 Å². The molecular weight excluding hydrogens is 600 g/mol. The van der Waals surface area contributed by atoms with Crippen molar-refractivity contribution >= 4 is 51.1 Å². The first-order valence-corrected chi connectivity index (χ1v) is 14.5. The van der Waals surface area contributed by atoms with Crippen molar-refractivity contribution in [2.45, 2.75) is 19.9 Å². The van der Waals surface area contributed by atoms with E-state index in [9.17, 15) is 24.3 Å². The van der Waals surface area contributed by atoms with E-state index < -0.39 is 17.9 Å². The van der Waals surface area contributed by atoms with Crippen LogP contribution in [0.25, 0.3) is 21.7 Å². The van der Waals surface area contributed by atoms with Gasteiger partial charge < -0.3 is 20.3 Å². The number of aromatic hydroxyl groups is 1. The number of carbonyl (C=O) groups excluding carboxylic acids is 4. The largest absolute Gasteiger partial charge is 0.506 e. The molecule has 1 aromatic heterocycles. The minimum atomic E-state index is -0.931. The molecule has 0 saturated heterocycles. The van der Waals surface area contributed by atoms with Crippen molar-refractivity contribution in [2.24, 2.45) is 5.73 Å². The molecule has 0 saturated carbocycles. The van der Waals surface area contributed by atoms with Crippen LogP contribution < -0.4 is 20.1 Å². The second kappa shape index (κ2) is 14.1.